The zero-order valence-electron chi connectivity index (χ0n) is 14.8. The van der Waals surface area contributed by atoms with Crippen LogP contribution in [0.15, 0.2) is 17.1 Å². The molecule has 0 saturated heterocycles. The summed E-state index contributed by atoms with van der Waals surface area (Å²) >= 11 is 0. The normalized spacial score (nSPS) is 13.5. The number of halogens is 2. The molecule has 1 aliphatic rings. The van der Waals surface area contributed by atoms with E-state index in [9.17, 15) is 8.78 Å². The number of nitrogens with zero attached hydrogens (tertiary/aromatic N) is 1. The summed E-state index contributed by atoms with van der Waals surface area (Å²) in [4.78, 5) is 4.13. The average molecular weight is 357 g/mol. The predicted octanol–water partition coefficient (Wildman–Crippen LogP) is 3.12. The van der Waals surface area contributed by atoms with Crippen LogP contribution in [0.1, 0.15) is 32.3 Å². The van der Waals surface area contributed by atoms with Crippen LogP contribution in [0, 0.1) is 5.92 Å². The molecule has 0 amide bonds. The Morgan fingerprint density at radius 2 is 1.96 bits per heavy atom. The molecule has 1 aromatic rings. The van der Waals surface area contributed by atoms with E-state index in [0.29, 0.717) is 28.9 Å². The van der Waals surface area contributed by atoms with Crippen molar-refractivity contribution in [3.05, 3.63) is 17.7 Å². The second-order valence-electron chi connectivity index (χ2n) is 6.08. The fraction of sp³-hybridized carbons (Fsp3) is 0.588. The number of guanidine groups is 1. The van der Waals surface area contributed by atoms with E-state index >= 15 is 0 Å². The smallest absolute Gasteiger partial charge is 0.387 e. The van der Waals surface area contributed by atoms with Gasteiger partial charge in [0.1, 0.15) is 5.75 Å². The predicted molar refractivity (Wildman–Crippen MR) is 91.5 cm³/mol. The third kappa shape index (κ3) is 5.95. The summed E-state index contributed by atoms with van der Waals surface area (Å²) < 4.78 is 40.4. The van der Waals surface area contributed by atoms with Gasteiger partial charge < -0.3 is 24.8 Å². The lowest BCUT2D eigenvalue weighted by atomic mass is 10.1. The Bertz CT molecular complexity index is 595. The summed E-state index contributed by atoms with van der Waals surface area (Å²) in [7, 11) is 1.66. The van der Waals surface area contributed by atoms with Gasteiger partial charge in [-0.25, -0.2) is 0 Å². The Kier molecular flexibility index (Phi) is 7.09. The van der Waals surface area contributed by atoms with Crippen LogP contribution >= 0.6 is 0 Å². The maximum absolute atomic E-state index is 12.6. The number of alkyl halides is 2. The molecule has 2 N–H and O–H groups in total. The van der Waals surface area contributed by atoms with Gasteiger partial charge in [-0.1, -0.05) is 13.8 Å². The van der Waals surface area contributed by atoms with Gasteiger partial charge in [-0.2, -0.15) is 8.78 Å². The van der Waals surface area contributed by atoms with Crippen molar-refractivity contribution in [3.63, 3.8) is 0 Å². The van der Waals surface area contributed by atoms with Crippen molar-refractivity contribution in [1.82, 2.24) is 10.6 Å². The highest BCUT2D eigenvalue weighted by atomic mass is 19.3. The summed E-state index contributed by atoms with van der Waals surface area (Å²) in [6.07, 6.45) is 2.15. The SMILES string of the molecule is CN=C(NCCCC(C)C)NCc1cc2c(cc1OC(F)F)OCO2. The number of fused-ring (bicyclic) bond motifs is 1. The number of benzene rings is 1. The van der Waals surface area contributed by atoms with Crippen molar-refractivity contribution >= 4 is 5.96 Å². The first-order valence-corrected chi connectivity index (χ1v) is 8.31. The number of hydrogen-bond acceptors (Lipinski definition) is 4. The molecule has 1 heterocycles. The van der Waals surface area contributed by atoms with Gasteiger partial charge in [-0.05, 0) is 24.8 Å². The first-order chi connectivity index (χ1) is 12.0. The van der Waals surface area contributed by atoms with Gasteiger partial charge in [0, 0.05) is 31.8 Å². The van der Waals surface area contributed by atoms with Crippen LogP contribution in [0.2, 0.25) is 0 Å². The Hall–Kier alpha value is -2.25. The summed E-state index contributed by atoms with van der Waals surface area (Å²) in [5.74, 6) is 2.22. The largest absolute Gasteiger partial charge is 0.454 e. The lowest BCUT2D eigenvalue weighted by Crippen LogP contribution is -2.37. The molecule has 0 unspecified atom stereocenters. The minimum atomic E-state index is -2.91. The molecular formula is C17H25F2N3O3. The summed E-state index contributed by atoms with van der Waals surface area (Å²) in [6.45, 7) is 2.57. The second kappa shape index (κ2) is 9.29. The quantitative estimate of drug-likeness (QED) is 0.425. The molecule has 0 aromatic heterocycles. The topological polar surface area (TPSA) is 64.1 Å². The minimum Gasteiger partial charge on any atom is -0.454 e. The fourth-order valence-electron chi connectivity index (χ4n) is 2.43. The Morgan fingerprint density at radius 3 is 2.60 bits per heavy atom. The molecule has 0 radical (unpaired) electrons. The maximum Gasteiger partial charge on any atom is 0.387 e. The number of rotatable bonds is 8. The van der Waals surface area contributed by atoms with Gasteiger partial charge in [0.05, 0.1) is 0 Å². The van der Waals surface area contributed by atoms with Crippen LogP contribution < -0.4 is 24.8 Å². The first-order valence-electron chi connectivity index (χ1n) is 8.31. The monoisotopic (exact) mass is 357 g/mol. The molecule has 1 aromatic carbocycles. The van der Waals surface area contributed by atoms with Crippen molar-refractivity contribution in [1.29, 1.82) is 0 Å². The number of aliphatic imine (C=N–C) groups is 1. The molecule has 8 heteroatoms. The molecule has 140 valence electrons. The molecule has 0 spiro atoms. The third-order valence-corrected chi connectivity index (χ3v) is 3.69. The highest BCUT2D eigenvalue weighted by Gasteiger charge is 2.20. The highest BCUT2D eigenvalue weighted by molar-refractivity contribution is 5.79. The Balaban J connectivity index is 1.96. The molecule has 6 nitrogen and oxygen atoms in total. The molecule has 25 heavy (non-hydrogen) atoms. The van der Waals surface area contributed by atoms with Crippen LogP contribution in [0.5, 0.6) is 17.2 Å². The molecule has 0 fully saturated rings. The van der Waals surface area contributed by atoms with Crippen LogP contribution in [-0.2, 0) is 6.54 Å². The van der Waals surface area contributed by atoms with E-state index in [4.69, 9.17) is 9.47 Å². The van der Waals surface area contributed by atoms with Crippen LogP contribution in [-0.4, -0.2) is 33.0 Å². The summed E-state index contributed by atoms with van der Waals surface area (Å²) in [6, 6.07) is 3.06. The van der Waals surface area contributed by atoms with E-state index < -0.39 is 6.61 Å². The van der Waals surface area contributed by atoms with E-state index in [0.717, 1.165) is 19.4 Å². The molecule has 0 bridgehead atoms. The van der Waals surface area contributed by atoms with Gasteiger partial charge in [0.25, 0.3) is 0 Å². The average Bonchev–Trinajstić information content (AvgIpc) is 3.00. The van der Waals surface area contributed by atoms with Gasteiger partial charge >= 0.3 is 6.61 Å². The first kappa shape index (κ1) is 19.1. The van der Waals surface area contributed by atoms with Crippen LogP contribution in [0.25, 0.3) is 0 Å². The minimum absolute atomic E-state index is 0.0574. The standard InChI is InChI=1S/C17H25F2N3O3/c1-11(2)5-4-6-21-17(20-3)22-9-12-7-14-15(24-10-23-14)8-13(12)25-16(18)19/h7-8,11,16H,4-6,9-10H2,1-3H3,(H2,20,21,22). The lowest BCUT2D eigenvalue weighted by Gasteiger charge is -2.15. The zero-order valence-corrected chi connectivity index (χ0v) is 14.8. The summed E-state index contributed by atoms with van der Waals surface area (Å²) in [5.41, 5.74) is 0.537. The van der Waals surface area contributed by atoms with E-state index in [1.54, 1.807) is 13.1 Å². The van der Waals surface area contributed by atoms with Crippen molar-refractivity contribution in [2.45, 2.75) is 39.8 Å². The summed E-state index contributed by atoms with van der Waals surface area (Å²) in [5, 5.41) is 6.30. The van der Waals surface area contributed by atoms with Crippen molar-refractivity contribution in [2.75, 3.05) is 20.4 Å². The second-order valence-corrected chi connectivity index (χ2v) is 6.08. The Morgan fingerprint density at radius 1 is 1.24 bits per heavy atom. The van der Waals surface area contributed by atoms with Crippen LogP contribution in [0.4, 0.5) is 8.78 Å². The van der Waals surface area contributed by atoms with E-state index in [2.05, 4.69) is 34.2 Å². The fourth-order valence-corrected chi connectivity index (χ4v) is 2.43. The van der Waals surface area contributed by atoms with E-state index in [1.807, 2.05) is 0 Å². The maximum atomic E-state index is 12.6. The van der Waals surface area contributed by atoms with Gasteiger partial charge in [-0.3, -0.25) is 4.99 Å². The molecule has 1 aliphatic heterocycles. The third-order valence-electron chi connectivity index (χ3n) is 3.69. The number of nitrogens with one attached hydrogen (secondary N) is 2. The van der Waals surface area contributed by atoms with Crippen molar-refractivity contribution in [3.8, 4) is 17.2 Å². The van der Waals surface area contributed by atoms with Gasteiger partial charge in [0.15, 0.2) is 17.5 Å². The van der Waals surface area contributed by atoms with Gasteiger partial charge in [0.2, 0.25) is 6.79 Å². The number of hydrogen-bond donors (Lipinski definition) is 2. The van der Waals surface area contributed by atoms with Gasteiger partial charge in [-0.15, -0.1) is 0 Å². The number of ether oxygens (including phenoxy) is 3. The molecule has 0 atom stereocenters. The zero-order chi connectivity index (χ0) is 18.2. The molecule has 2 rings (SSSR count). The molecule has 0 aliphatic carbocycles. The van der Waals surface area contributed by atoms with Crippen molar-refractivity contribution in [2.24, 2.45) is 10.9 Å². The van der Waals surface area contributed by atoms with E-state index in [-0.39, 0.29) is 19.1 Å². The lowest BCUT2D eigenvalue weighted by molar-refractivity contribution is -0.0505. The van der Waals surface area contributed by atoms with Crippen LogP contribution in [0.3, 0.4) is 0 Å². The van der Waals surface area contributed by atoms with Crippen molar-refractivity contribution < 1.29 is 23.0 Å². The molecule has 0 saturated carbocycles. The Labute approximate surface area is 146 Å². The highest BCUT2D eigenvalue weighted by Crippen LogP contribution is 2.38. The molecular weight excluding hydrogens is 332 g/mol. The van der Waals surface area contributed by atoms with E-state index in [1.165, 1.54) is 6.07 Å².